The van der Waals surface area contributed by atoms with Gasteiger partial charge in [0.15, 0.2) is 5.82 Å². The van der Waals surface area contributed by atoms with Gasteiger partial charge in [-0.25, -0.2) is 8.78 Å². The van der Waals surface area contributed by atoms with Crippen molar-refractivity contribution in [3.05, 3.63) is 29.3 Å². The topological polar surface area (TPSA) is 75.3 Å². The molecule has 0 spiro atoms. The highest BCUT2D eigenvalue weighted by atomic mass is 19.1. The van der Waals surface area contributed by atoms with Gasteiger partial charge in [0.25, 0.3) is 5.91 Å². The van der Waals surface area contributed by atoms with E-state index in [1.165, 1.54) is 0 Å². The zero-order valence-corrected chi connectivity index (χ0v) is 11.0. The number of hydrogen-bond acceptors (Lipinski definition) is 3. The molecule has 0 aliphatic rings. The zero-order chi connectivity index (χ0) is 14.6. The molecule has 19 heavy (non-hydrogen) atoms. The number of amides is 1. The molecule has 0 saturated heterocycles. The van der Waals surface area contributed by atoms with Crippen molar-refractivity contribution in [1.82, 2.24) is 5.32 Å². The molecule has 0 saturated carbocycles. The molecule has 0 aliphatic carbocycles. The Balaban J connectivity index is 2.83. The first kappa shape index (κ1) is 15.4. The molecule has 1 rings (SSSR count). The van der Waals surface area contributed by atoms with Crippen LogP contribution in [0.4, 0.5) is 14.5 Å². The third-order valence-electron chi connectivity index (χ3n) is 2.77. The fraction of sp³-hybridized carbons (Fsp3) is 0.462. The average molecular weight is 272 g/mol. The Morgan fingerprint density at radius 3 is 2.68 bits per heavy atom. The van der Waals surface area contributed by atoms with Crippen LogP contribution < -0.4 is 11.1 Å². The van der Waals surface area contributed by atoms with E-state index in [-0.39, 0.29) is 12.2 Å². The molecular weight excluding hydrogens is 254 g/mol. The van der Waals surface area contributed by atoms with Crippen LogP contribution in [0.3, 0.4) is 0 Å². The van der Waals surface area contributed by atoms with Gasteiger partial charge >= 0.3 is 0 Å². The van der Waals surface area contributed by atoms with Gasteiger partial charge in [-0.05, 0) is 25.5 Å². The molecule has 1 atom stereocenters. The van der Waals surface area contributed by atoms with Gasteiger partial charge in [0.2, 0.25) is 0 Å². The van der Waals surface area contributed by atoms with Crippen molar-refractivity contribution in [1.29, 1.82) is 0 Å². The maximum atomic E-state index is 13.6. The molecule has 4 N–H and O–H groups in total. The zero-order valence-electron chi connectivity index (χ0n) is 11.0. The lowest BCUT2D eigenvalue weighted by atomic mass is 10.0. The summed E-state index contributed by atoms with van der Waals surface area (Å²) in [5.41, 5.74) is 3.14. The van der Waals surface area contributed by atoms with Crippen molar-refractivity contribution in [3.63, 3.8) is 0 Å². The quantitative estimate of drug-likeness (QED) is 0.716. The summed E-state index contributed by atoms with van der Waals surface area (Å²) in [4.78, 5) is 11.7. The SMILES string of the molecule is CCCC(C)(O)CNC(=O)c1c(F)ccc(N)c1F. The summed E-state index contributed by atoms with van der Waals surface area (Å²) in [7, 11) is 0. The minimum absolute atomic E-state index is 0.0899. The maximum absolute atomic E-state index is 13.6. The van der Waals surface area contributed by atoms with Gasteiger partial charge < -0.3 is 16.2 Å². The second-order valence-electron chi connectivity index (χ2n) is 4.76. The third-order valence-corrected chi connectivity index (χ3v) is 2.77. The number of nitrogen functional groups attached to an aromatic ring is 1. The van der Waals surface area contributed by atoms with E-state index < -0.39 is 28.7 Å². The predicted octanol–water partition coefficient (Wildman–Crippen LogP) is 1.83. The van der Waals surface area contributed by atoms with Gasteiger partial charge in [-0.1, -0.05) is 13.3 Å². The molecule has 0 heterocycles. The first-order chi connectivity index (χ1) is 8.78. The van der Waals surface area contributed by atoms with Crippen molar-refractivity contribution in [2.45, 2.75) is 32.3 Å². The van der Waals surface area contributed by atoms with E-state index in [1.807, 2.05) is 6.92 Å². The molecule has 0 bridgehead atoms. The summed E-state index contributed by atoms with van der Waals surface area (Å²) in [6.45, 7) is 3.34. The number of hydrogen-bond donors (Lipinski definition) is 3. The Hall–Kier alpha value is -1.69. The summed E-state index contributed by atoms with van der Waals surface area (Å²) in [6, 6.07) is 1.98. The van der Waals surface area contributed by atoms with Crippen LogP contribution in [0, 0.1) is 11.6 Å². The highest BCUT2D eigenvalue weighted by Gasteiger charge is 2.24. The van der Waals surface area contributed by atoms with Crippen molar-refractivity contribution in [2.24, 2.45) is 0 Å². The standard InChI is InChI=1S/C13H18F2N2O2/c1-3-6-13(2,19)7-17-12(18)10-8(14)4-5-9(16)11(10)15/h4-5,19H,3,6-7,16H2,1-2H3,(H,17,18). The molecule has 106 valence electrons. The number of nitrogens with one attached hydrogen (secondary N) is 1. The molecule has 1 amide bonds. The van der Waals surface area contributed by atoms with Crippen LogP contribution in [0.15, 0.2) is 12.1 Å². The molecule has 1 aromatic rings. The highest BCUT2D eigenvalue weighted by molar-refractivity contribution is 5.95. The van der Waals surface area contributed by atoms with E-state index in [0.717, 1.165) is 18.6 Å². The van der Waals surface area contributed by atoms with Crippen molar-refractivity contribution in [2.75, 3.05) is 12.3 Å². The van der Waals surface area contributed by atoms with Crippen LogP contribution in [-0.2, 0) is 0 Å². The molecule has 4 nitrogen and oxygen atoms in total. The van der Waals surface area contributed by atoms with Gasteiger partial charge in [0.1, 0.15) is 11.4 Å². The number of benzene rings is 1. The minimum Gasteiger partial charge on any atom is -0.396 e. The molecule has 1 aromatic carbocycles. The number of anilines is 1. The number of carbonyl (C=O) groups is 1. The molecular formula is C13H18F2N2O2. The summed E-state index contributed by atoms with van der Waals surface area (Å²) in [5.74, 6) is -3.01. The van der Waals surface area contributed by atoms with E-state index in [1.54, 1.807) is 6.92 Å². The first-order valence-electron chi connectivity index (χ1n) is 6.02. The van der Waals surface area contributed by atoms with E-state index in [0.29, 0.717) is 6.42 Å². The van der Waals surface area contributed by atoms with Crippen LogP contribution in [0.5, 0.6) is 0 Å². The number of halogens is 2. The Morgan fingerprint density at radius 2 is 2.11 bits per heavy atom. The Morgan fingerprint density at radius 1 is 1.47 bits per heavy atom. The van der Waals surface area contributed by atoms with Gasteiger partial charge in [-0.2, -0.15) is 0 Å². The van der Waals surface area contributed by atoms with Crippen LogP contribution >= 0.6 is 0 Å². The number of rotatable bonds is 5. The Labute approximate surface area is 110 Å². The lowest BCUT2D eigenvalue weighted by molar-refractivity contribution is 0.0467. The lowest BCUT2D eigenvalue weighted by Gasteiger charge is -2.23. The smallest absolute Gasteiger partial charge is 0.257 e. The maximum Gasteiger partial charge on any atom is 0.257 e. The summed E-state index contributed by atoms with van der Waals surface area (Å²) >= 11 is 0. The molecule has 6 heteroatoms. The van der Waals surface area contributed by atoms with Crippen LogP contribution in [0.2, 0.25) is 0 Å². The Bertz CT molecular complexity index is 476. The van der Waals surface area contributed by atoms with E-state index >= 15 is 0 Å². The second-order valence-corrected chi connectivity index (χ2v) is 4.76. The minimum atomic E-state index is -1.11. The lowest BCUT2D eigenvalue weighted by Crippen LogP contribution is -2.41. The molecule has 1 unspecified atom stereocenters. The van der Waals surface area contributed by atoms with Crippen LogP contribution in [0.25, 0.3) is 0 Å². The number of nitrogens with two attached hydrogens (primary N) is 1. The molecule has 0 fully saturated rings. The molecule has 0 aliphatic heterocycles. The first-order valence-corrected chi connectivity index (χ1v) is 6.02. The van der Waals surface area contributed by atoms with Gasteiger partial charge in [-0.3, -0.25) is 4.79 Å². The van der Waals surface area contributed by atoms with E-state index in [4.69, 9.17) is 5.73 Å². The van der Waals surface area contributed by atoms with Crippen molar-refractivity contribution >= 4 is 11.6 Å². The number of carbonyl (C=O) groups excluding carboxylic acids is 1. The van der Waals surface area contributed by atoms with Crippen molar-refractivity contribution < 1.29 is 18.7 Å². The van der Waals surface area contributed by atoms with Gasteiger partial charge in [0, 0.05) is 6.54 Å². The fourth-order valence-electron chi connectivity index (χ4n) is 1.76. The monoisotopic (exact) mass is 272 g/mol. The third kappa shape index (κ3) is 3.89. The van der Waals surface area contributed by atoms with Crippen LogP contribution in [-0.4, -0.2) is 23.2 Å². The average Bonchev–Trinajstić information content (AvgIpc) is 2.32. The van der Waals surface area contributed by atoms with E-state index in [9.17, 15) is 18.7 Å². The summed E-state index contributed by atoms with van der Waals surface area (Å²) in [5, 5.41) is 12.2. The normalized spacial score (nSPS) is 13.9. The Kier molecular flexibility index (Phi) is 4.83. The highest BCUT2D eigenvalue weighted by Crippen LogP contribution is 2.19. The fourth-order valence-corrected chi connectivity index (χ4v) is 1.76. The molecule has 0 radical (unpaired) electrons. The van der Waals surface area contributed by atoms with E-state index in [2.05, 4.69) is 5.32 Å². The van der Waals surface area contributed by atoms with Crippen LogP contribution in [0.1, 0.15) is 37.0 Å². The second kappa shape index (κ2) is 5.97. The van der Waals surface area contributed by atoms with Gasteiger partial charge in [0.05, 0.1) is 11.3 Å². The summed E-state index contributed by atoms with van der Waals surface area (Å²) in [6.07, 6.45) is 1.19. The summed E-state index contributed by atoms with van der Waals surface area (Å²) < 4.78 is 27.0. The largest absolute Gasteiger partial charge is 0.396 e. The van der Waals surface area contributed by atoms with Gasteiger partial charge in [-0.15, -0.1) is 0 Å². The number of aliphatic hydroxyl groups is 1. The molecule has 0 aromatic heterocycles. The predicted molar refractivity (Wildman–Crippen MR) is 68.6 cm³/mol. The van der Waals surface area contributed by atoms with Crippen molar-refractivity contribution in [3.8, 4) is 0 Å².